The summed E-state index contributed by atoms with van der Waals surface area (Å²) in [5.41, 5.74) is 1.10. The lowest BCUT2D eigenvalue weighted by molar-refractivity contribution is -0.144. The minimum absolute atomic E-state index is 0.0598. The van der Waals surface area contributed by atoms with E-state index in [9.17, 15) is 14.4 Å². The molecule has 180 valence electrons. The van der Waals surface area contributed by atoms with Crippen LogP contribution in [0.4, 0.5) is 5.69 Å². The molecule has 35 heavy (non-hydrogen) atoms. The maximum atomic E-state index is 13.0. The molecule has 0 atom stereocenters. The smallest absolute Gasteiger partial charge is 0.316 e. The number of para-hydroxylation sites is 1. The van der Waals surface area contributed by atoms with Gasteiger partial charge in [0.05, 0.1) is 16.7 Å². The van der Waals surface area contributed by atoms with Crippen molar-refractivity contribution in [2.45, 2.75) is 32.0 Å². The first-order valence-electron chi connectivity index (χ1n) is 11.5. The monoisotopic (exact) mass is 489 g/mol. The van der Waals surface area contributed by atoms with E-state index in [2.05, 4.69) is 24.1 Å². The molecule has 4 aromatic rings. The zero-order chi connectivity index (χ0) is 24.8. The quantitative estimate of drug-likeness (QED) is 0.205. The van der Waals surface area contributed by atoms with Crippen molar-refractivity contribution in [3.05, 3.63) is 77.1 Å². The molecule has 1 amide bonds. The predicted octanol–water partition coefficient (Wildman–Crippen LogP) is 4.87. The van der Waals surface area contributed by atoms with Gasteiger partial charge in [0, 0.05) is 12.2 Å². The molecule has 1 aromatic heterocycles. The van der Waals surface area contributed by atoms with Gasteiger partial charge in [0.15, 0.2) is 11.8 Å². The van der Waals surface area contributed by atoms with Gasteiger partial charge in [-0.25, -0.2) is 4.98 Å². The highest BCUT2D eigenvalue weighted by Gasteiger charge is 2.15. The van der Waals surface area contributed by atoms with E-state index in [-0.39, 0.29) is 11.3 Å². The van der Waals surface area contributed by atoms with Gasteiger partial charge in [0.2, 0.25) is 0 Å². The molecule has 1 N–H and O–H groups in total. The van der Waals surface area contributed by atoms with E-state index in [0.29, 0.717) is 34.2 Å². The molecule has 0 saturated heterocycles. The number of ether oxygens (including phenoxy) is 1. The van der Waals surface area contributed by atoms with Gasteiger partial charge in [0.1, 0.15) is 0 Å². The lowest BCUT2D eigenvalue weighted by atomic mass is 10.1. The third-order valence-corrected chi connectivity index (χ3v) is 6.42. The molecule has 0 aliphatic heterocycles. The van der Waals surface area contributed by atoms with Crippen molar-refractivity contribution >= 4 is 51.0 Å². The summed E-state index contributed by atoms with van der Waals surface area (Å²) in [5, 5.41) is 5.84. The summed E-state index contributed by atoms with van der Waals surface area (Å²) >= 11 is 1.14. The minimum Gasteiger partial charge on any atom is -0.455 e. The Morgan fingerprint density at radius 1 is 1.03 bits per heavy atom. The van der Waals surface area contributed by atoms with E-state index in [1.54, 1.807) is 22.8 Å². The second-order valence-corrected chi connectivity index (χ2v) is 9.55. The number of hydrogen-bond acceptors (Lipinski definition) is 6. The molecule has 0 bridgehead atoms. The Labute approximate surface area is 207 Å². The third-order valence-electron chi connectivity index (χ3n) is 5.47. The van der Waals surface area contributed by atoms with Crippen LogP contribution < -0.4 is 10.9 Å². The Balaban J connectivity index is 1.36. The predicted molar refractivity (Wildman–Crippen MR) is 140 cm³/mol. The van der Waals surface area contributed by atoms with Gasteiger partial charge in [-0.2, -0.15) is 0 Å². The van der Waals surface area contributed by atoms with Crippen LogP contribution in [-0.2, 0) is 20.9 Å². The van der Waals surface area contributed by atoms with Crippen LogP contribution in [0, 0.1) is 5.92 Å². The molecule has 0 saturated carbocycles. The first-order valence-corrected chi connectivity index (χ1v) is 12.5. The number of nitrogens with zero attached hydrogens (tertiary/aromatic N) is 2. The first-order chi connectivity index (χ1) is 16.9. The number of amides is 1. The van der Waals surface area contributed by atoms with E-state index in [1.165, 1.54) is 0 Å². The average molecular weight is 490 g/mol. The fourth-order valence-corrected chi connectivity index (χ4v) is 4.44. The maximum absolute atomic E-state index is 13.0. The topological polar surface area (TPSA) is 90.3 Å². The fraction of sp³-hybridized carbons (Fsp3) is 0.259. The van der Waals surface area contributed by atoms with Crippen molar-refractivity contribution < 1.29 is 14.3 Å². The van der Waals surface area contributed by atoms with Crippen molar-refractivity contribution in [2.24, 2.45) is 5.92 Å². The van der Waals surface area contributed by atoms with Crippen LogP contribution in [-0.4, -0.2) is 33.8 Å². The number of benzene rings is 3. The van der Waals surface area contributed by atoms with Gasteiger partial charge >= 0.3 is 5.97 Å². The lowest BCUT2D eigenvalue weighted by Gasteiger charge is -2.14. The Morgan fingerprint density at radius 2 is 1.77 bits per heavy atom. The second-order valence-electron chi connectivity index (χ2n) is 8.61. The van der Waals surface area contributed by atoms with Crippen LogP contribution in [0.25, 0.3) is 21.7 Å². The van der Waals surface area contributed by atoms with Gasteiger partial charge in [-0.1, -0.05) is 68.1 Å². The van der Waals surface area contributed by atoms with E-state index in [1.807, 2.05) is 48.5 Å². The number of carbonyl (C=O) groups excluding carboxylic acids is 2. The molecular formula is C27H27N3O4S. The van der Waals surface area contributed by atoms with Crippen molar-refractivity contribution in [1.82, 2.24) is 9.55 Å². The van der Waals surface area contributed by atoms with Crippen molar-refractivity contribution in [1.29, 1.82) is 0 Å². The standard InChI is InChI=1S/C27H27N3O4S/c1-18(2)13-14-30-26(33)22-9-5-6-10-23(22)29-27(30)35-17-25(32)34-16-24(31)28-21-12-11-19-7-3-4-8-20(19)15-21/h3-12,15,18H,13-14,16-17H2,1-2H3,(H,28,31). The van der Waals surface area contributed by atoms with Gasteiger partial charge in [0.25, 0.3) is 11.5 Å². The first kappa shape index (κ1) is 24.5. The highest BCUT2D eigenvalue weighted by molar-refractivity contribution is 7.99. The summed E-state index contributed by atoms with van der Waals surface area (Å²) in [6, 6.07) is 20.6. The molecule has 7 nitrogen and oxygen atoms in total. The molecule has 1 heterocycles. The molecule has 0 spiro atoms. The Bertz CT molecular complexity index is 1430. The minimum atomic E-state index is -0.554. The molecular weight excluding hydrogens is 462 g/mol. The van der Waals surface area contributed by atoms with Crippen molar-refractivity contribution in [3.63, 3.8) is 0 Å². The zero-order valence-corrected chi connectivity index (χ0v) is 20.5. The average Bonchev–Trinajstić information content (AvgIpc) is 2.85. The SMILES string of the molecule is CC(C)CCn1c(SCC(=O)OCC(=O)Nc2ccc3ccccc3c2)nc2ccccc2c1=O. The number of nitrogens with one attached hydrogen (secondary N) is 1. The van der Waals surface area contributed by atoms with Crippen molar-refractivity contribution in [2.75, 3.05) is 17.7 Å². The van der Waals surface area contributed by atoms with E-state index in [0.717, 1.165) is 29.0 Å². The summed E-state index contributed by atoms with van der Waals surface area (Å²) in [6.07, 6.45) is 0.812. The third kappa shape index (κ3) is 6.27. The highest BCUT2D eigenvalue weighted by atomic mass is 32.2. The molecule has 0 aliphatic rings. The molecule has 3 aromatic carbocycles. The number of thioether (sulfide) groups is 1. The summed E-state index contributed by atoms with van der Waals surface area (Å²) in [5.74, 6) is -0.620. The summed E-state index contributed by atoms with van der Waals surface area (Å²) < 4.78 is 6.77. The number of esters is 1. The molecule has 0 aliphatic carbocycles. The maximum Gasteiger partial charge on any atom is 0.316 e. The van der Waals surface area contributed by atoms with Crippen LogP contribution in [0.5, 0.6) is 0 Å². The highest BCUT2D eigenvalue weighted by Crippen LogP contribution is 2.20. The fourth-order valence-electron chi connectivity index (χ4n) is 3.62. The number of fused-ring (bicyclic) bond motifs is 2. The van der Waals surface area contributed by atoms with Gasteiger partial charge in [-0.15, -0.1) is 0 Å². The molecule has 0 unspecified atom stereocenters. The van der Waals surface area contributed by atoms with E-state index < -0.39 is 18.5 Å². The number of carbonyl (C=O) groups is 2. The van der Waals surface area contributed by atoms with Crippen molar-refractivity contribution in [3.8, 4) is 0 Å². The molecule has 0 radical (unpaired) electrons. The largest absolute Gasteiger partial charge is 0.455 e. The Morgan fingerprint density at radius 3 is 2.57 bits per heavy atom. The van der Waals surface area contributed by atoms with E-state index >= 15 is 0 Å². The van der Waals surface area contributed by atoms with E-state index in [4.69, 9.17) is 4.74 Å². The van der Waals surface area contributed by atoms with Gasteiger partial charge in [-0.05, 0) is 47.4 Å². The van der Waals surface area contributed by atoms with Crippen LogP contribution in [0.15, 0.2) is 76.7 Å². The number of rotatable bonds is 9. The summed E-state index contributed by atoms with van der Waals surface area (Å²) in [4.78, 5) is 42.2. The van der Waals surface area contributed by atoms with Crippen LogP contribution in [0.1, 0.15) is 20.3 Å². The summed E-state index contributed by atoms with van der Waals surface area (Å²) in [7, 11) is 0. The second kappa shape index (κ2) is 11.2. The number of anilines is 1. The number of aromatic nitrogens is 2. The zero-order valence-electron chi connectivity index (χ0n) is 19.7. The van der Waals surface area contributed by atoms with Crippen LogP contribution in [0.2, 0.25) is 0 Å². The lowest BCUT2D eigenvalue weighted by Crippen LogP contribution is -2.25. The molecule has 0 fully saturated rings. The Kier molecular flexibility index (Phi) is 7.82. The van der Waals surface area contributed by atoms with Crippen LogP contribution in [0.3, 0.4) is 0 Å². The van der Waals surface area contributed by atoms with Gasteiger partial charge in [-0.3, -0.25) is 19.0 Å². The normalized spacial score (nSPS) is 11.2. The molecule has 8 heteroatoms. The molecule has 4 rings (SSSR count). The van der Waals surface area contributed by atoms with Crippen LogP contribution >= 0.6 is 11.8 Å². The Hall–Kier alpha value is -3.65. The van der Waals surface area contributed by atoms with Gasteiger partial charge < -0.3 is 10.1 Å². The number of hydrogen-bond donors (Lipinski definition) is 1. The summed E-state index contributed by atoms with van der Waals surface area (Å²) in [6.45, 7) is 4.30.